The molecule has 0 aliphatic heterocycles. The minimum atomic E-state index is -0.0491. The van der Waals surface area contributed by atoms with Gasteiger partial charge >= 0.3 is 0 Å². The Hall–Kier alpha value is -2.58. The van der Waals surface area contributed by atoms with E-state index in [1.807, 2.05) is 41.0 Å². The third kappa shape index (κ3) is 5.48. The number of methoxy groups -OCH3 is 1. The van der Waals surface area contributed by atoms with Gasteiger partial charge in [0.1, 0.15) is 0 Å². The lowest BCUT2D eigenvalue weighted by molar-refractivity contribution is 0.0948. The van der Waals surface area contributed by atoms with Gasteiger partial charge in [-0.15, -0.1) is 10.2 Å². The summed E-state index contributed by atoms with van der Waals surface area (Å²) in [5, 5.41) is 12.4. The molecule has 0 bridgehead atoms. The third-order valence-electron chi connectivity index (χ3n) is 4.27. The van der Waals surface area contributed by atoms with Crippen molar-refractivity contribution in [2.24, 2.45) is 5.92 Å². The van der Waals surface area contributed by atoms with Gasteiger partial charge in [-0.05, 0) is 29.7 Å². The Morgan fingerprint density at radius 3 is 2.79 bits per heavy atom. The van der Waals surface area contributed by atoms with Gasteiger partial charge in [0.25, 0.3) is 5.91 Å². The summed E-state index contributed by atoms with van der Waals surface area (Å²) in [6.45, 7) is 5.95. The monoisotopic (exact) mass is 414 g/mol. The maximum Gasteiger partial charge on any atom is 0.251 e. The maximum atomic E-state index is 12.6. The van der Waals surface area contributed by atoms with Crippen LogP contribution in [0.25, 0.3) is 11.6 Å². The van der Waals surface area contributed by atoms with Crippen LogP contribution in [-0.4, -0.2) is 40.9 Å². The number of ether oxygens (including phenoxy) is 1. The van der Waals surface area contributed by atoms with Crippen LogP contribution in [0.2, 0.25) is 0 Å². The van der Waals surface area contributed by atoms with Crippen molar-refractivity contribution in [3.8, 4) is 11.6 Å². The predicted molar refractivity (Wildman–Crippen MR) is 113 cm³/mol. The standard InChI is InChI=1S/C21H26N4O3S/c1-15(2)13-22-20(26)17-8-5-4-7-16(17)14-29-21-24-23-19(18-9-6-11-28-18)25(21)10-12-27-3/h4-9,11,15H,10,12-14H2,1-3H3,(H,22,26). The summed E-state index contributed by atoms with van der Waals surface area (Å²) in [7, 11) is 1.66. The van der Waals surface area contributed by atoms with Gasteiger partial charge in [-0.25, -0.2) is 0 Å². The summed E-state index contributed by atoms with van der Waals surface area (Å²) in [5.74, 6) is 2.28. The highest BCUT2D eigenvalue weighted by molar-refractivity contribution is 7.98. The fourth-order valence-electron chi connectivity index (χ4n) is 2.77. The zero-order valence-corrected chi connectivity index (χ0v) is 17.7. The molecule has 2 heterocycles. The Morgan fingerprint density at radius 1 is 1.24 bits per heavy atom. The highest BCUT2D eigenvalue weighted by atomic mass is 32.2. The minimum absolute atomic E-state index is 0.0491. The van der Waals surface area contributed by atoms with Crippen LogP contribution in [-0.2, 0) is 17.0 Å². The van der Waals surface area contributed by atoms with Gasteiger partial charge in [-0.2, -0.15) is 0 Å². The first-order chi connectivity index (χ1) is 14.1. The number of carbonyl (C=O) groups excluding carboxylic acids is 1. The van der Waals surface area contributed by atoms with Gasteiger partial charge in [-0.1, -0.05) is 43.8 Å². The molecule has 1 N–H and O–H groups in total. The molecule has 0 atom stereocenters. The van der Waals surface area contributed by atoms with Crippen LogP contribution < -0.4 is 5.32 Å². The first-order valence-electron chi connectivity index (χ1n) is 9.55. The van der Waals surface area contributed by atoms with Crippen molar-refractivity contribution in [3.63, 3.8) is 0 Å². The summed E-state index contributed by atoms with van der Waals surface area (Å²) in [4.78, 5) is 12.6. The van der Waals surface area contributed by atoms with Crippen molar-refractivity contribution in [3.05, 3.63) is 53.8 Å². The van der Waals surface area contributed by atoms with Crippen LogP contribution >= 0.6 is 11.8 Å². The molecule has 29 heavy (non-hydrogen) atoms. The summed E-state index contributed by atoms with van der Waals surface area (Å²) in [5.41, 5.74) is 1.65. The normalized spacial score (nSPS) is 11.2. The Morgan fingerprint density at radius 2 is 2.07 bits per heavy atom. The smallest absolute Gasteiger partial charge is 0.251 e. The third-order valence-corrected chi connectivity index (χ3v) is 5.28. The average Bonchev–Trinajstić information content (AvgIpc) is 3.38. The number of rotatable bonds is 10. The molecule has 0 fully saturated rings. The van der Waals surface area contributed by atoms with Crippen LogP contribution in [0, 0.1) is 5.92 Å². The van der Waals surface area contributed by atoms with Crippen molar-refractivity contribution >= 4 is 17.7 Å². The molecule has 0 aliphatic rings. The number of amides is 1. The number of hydrogen-bond donors (Lipinski definition) is 1. The molecule has 2 aromatic heterocycles. The molecule has 0 radical (unpaired) electrons. The molecular weight excluding hydrogens is 388 g/mol. The largest absolute Gasteiger partial charge is 0.461 e. The SMILES string of the molecule is COCCn1c(SCc2ccccc2C(=O)NCC(C)C)nnc1-c1ccco1. The van der Waals surface area contributed by atoms with Gasteiger partial charge in [0, 0.05) is 25.0 Å². The van der Waals surface area contributed by atoms with Gasteiger partial charge in [0.15, 0.2) is 10.9 Å². The molecule has 0 spiro atoms. The van der Waals surface area contributed by atoms with Gasteiger partial charge in [0.05, 0.1) is 19.4 Å². The second-order valence-electron chi connectivity index (χ2n) is 6.98. The molecule has 154 valence electrons. The van der Waals surface area contributed by atoms with E-state index in [0.29, 0.717) is 48.5 Å². The quantitative estimate of drug-likeness (QED) is 0.507. The van der Waals surface area contributed by atoms with E-state index in [4.69, 9.17) is 9.15 Å². The van der Waals surface area contributed by atoms with Crippen molar-refractivity contribution in [2.45, 2.75) is 31.3 Å². The van der Waals surface area contributed by atoms with Crippen LogP contribution in [0.1, 0.15) is 29.8 Å². The summed E-state index contributed by atoms with van der Waals surface area (Å²) < 4.78 is 12.7. The van der Waals surface area contributed by atoms with Crippen LogP contribution in [0.4, 0.5) is 0 Å². The number of thioether (sulfide) groups is 1. The lowest BCUT2D eigenvalue weighted by Crippen LogP contribution is -2.28. The van der Waals surface area contributed by atoms with E-state index in [1.165, 1.54) is 11.8 Å². The number of aromatic nitrogens is 3. The van der Waals surface area contributed by atoms with Crippen LogP contribution in [0.15, 0.2) is 52.2 Å². The van der Waals surface area contributed by atoms with E-state index < -0.39 is 0 Å². The summed E-state index contributed by atoms with van der Waals surface area (Å²) in [6.07, 6.45) is 1.61. The summed E-state index contributed by atoms with van der Waals surface area (Å²) >= 11 is 1.54. The molecular formula is C21H26N4O3S. The van der Waals surface area contributed by atoms with Gasteiger partial charge in [-0.3, -0.25) is 9.36 Å². The number of carbonyl (C=O) groups is 1. The number of benzene rings is 1. The van der Waals surface area contributed by atoms with E-state index in [1.54, 1.807) is 13.4 Å². The number of hydrogen-bond acceptors (Lipinski definition) is 6. The van der Waals surface area contributed by atoms with Crippen molar-refractivity contribution in [1.82, 2.24) is 20.1 Å². The zero-order chi connectivity index (χ0) is 20.6. The van der Waals surface area contributed by atoms with E-state index in [2.05, 4.69) is 29.4 Å². The average molecular weight is 415 g/mol. The van der Waals surface area contributed by atoms with Crippen molar-refractivity contribution < 1.29 is 13.9 Å². The number of nitrogens with one attached hydrogen (secondary N) is 1. The second kappa shape index (κ2) is 10.3. The molecule has 1 amide bonds. The molecule has 0 saturated carbocycles. The topological polar surface area (TPSA) is 82.2 Å². The van der Waals surface area contributed by atoms with E-state index >= 15 is 0 Å². The fourth-order valence-corrected chi connectivity index (χ4v) is 3.74. The maximum absolute atomic E-state index is 12.6. The molecule has 3 rings (SSSR count). The molecule has 3 aromatic rings. The molecule has 0 unspecified atom stereocenters. The zero-order valence-electron chi connectivity index (χ0n) is 16.9. The first kappa shape index (κ1) is 21.1. The second-order valence-corrected chi connectivity index (χ2v) is 7.92. The van der Waals surface area contributed by atoms with E-state index in [0.717, 1.165) is 10.7 Å². The molecule has 0 aliphatic carbocycles. The lowest BCUT2D eigenvalue weighted by atomic mass is 10.1. The van der Waals surface area contributed by atoms with Gasteiger partial charge < -0.3 is 14.5 Å². The first-order valence-corrected chi connectivity index (χ1v) is 10.5. The predicted octanol–water partition coefficient (Wildman–Crippen LogP) is 3.86. The molecule has 8 heteroatoms. The van der Waals surface area contributed by atoms with Crippen molar-refractivity contribution in [1.29, 1.82) is 0 Å². The van der Waals surface area contributed by atoms with Gasteiger partial charge in [0.2, 0.25) is 5.82 Å². The molecule has 0 saturated heterocycles. The Balaban J connectivity index is 1.77. The Labute approximate surface area is 174 Å². The number of furan rings is 1. The summed E-state index contributed by atoms with van der Waals surface area (Å²) in [6, 6.07) is 11.3. The highest BCUT2D eigenvalue weighted by Crippen LogP contribution is 2.27. The highest BCUT2D eigenvalue weighted by Gasteiger charge is 2.18. The van der Waals surface area contributed by atoms with Crippen molar-refractivity contribution in [2.75, 3.05) is 20.3 Å². The van der Waals surface area contributed by atoms with Crippen LogP contribution in [0.5, 0.6) is 0 Å². The Kier molecular flexibility index (Phi) is 7.48. The van der Waals surface area contributed by atoms with E-state index in [9.17, 15) is 4.79 Å². The molecule has 1 aromatic carbocycles. The van der Waals surface area contributed by atoms with Crippen LogP contribution in [0.3, 0.4) is 0 Å². The number of nitrogens with zero attached hydrogens (tertiary/aromatic N) is 3. The fraction of sp³-hybridized carbons (Fsp3) is 0.381. The lowest BCUT2D eigenvalue weighted by Gasteiger charge is -2.12. The Bertz CT molecular complexity index is 922. The molecule has 7 nitrogen and oxygen atoms in total. The minimum Gasteiger partial charge on any atom is -0.461 e. The van der Waals surface area contributed by atoms with E-state index in [-0.39, 0.29) is 5.91 Å².